The number of carbonyl (C=O) groups is 1. The predicted octanol–water partition coefficient (Wildman–Crippen LogP) is 6.35. The van der Waals surface area contributed by atoms with Crippen LogP contribution in [0.3, 0.4) is 0 Å². The fourth-order valence-corrected chi connectivity index (χ4v) is 6.85. The molecule has 3 aromatic rings. The number of piperidine rings is 1. The Hall–Kier alpha value is -2.85. The maximum absolute atomic E-state index is 12.6. The molecule has 2 saturated heterocycles. The summed E-state index contributed by atoms with van der Waals surface area (Å²) in [5.74, 6) is 1.72. The number of hydrogen-bond donors (Lipinski definition) is 2. The highest BCUT2D eigenvalue weighted by Gasteiger charge is 2.57. The fourth-order valence-electron chi connectivity index (χ4n) is 5.75. The van der Waals surface area contributed by atoms with E-state index in [1.807, 2.05) is 36.5 Å². The van der Waals surface area contributed by atoms with E-state index in [-0.39, 0.29) is 17.9 Å². The summed E-state index contributed by atoms with van der Waals surface area (Å²) in [4.78, 5) is 20.5. The van der Waals surface area contributed by atoms with Crippen LogP contribution in [0.4, 0.5) is 16.3 Å². The highest BCUT2D eigenvalue weighted by Crippen LogP contribution is 2.49. The highest BCUT2D eigenvalue weighted by molar-refractivity contribution is 7.22. The molecule has 3 fully saturated rings. The molecule has 10 heteroatoms. The molecule has 0 aromatic carbocycles. The van der Waals surface area contributed by atoms with Gasteiger partial charge in [0.2, 0.25) is 0 Å². The summed E-state index contributed by atoms with van der Waals surface area (Å²) in [6, 6.07) is 6.71. The van der Waals surface area contributed by atoms with Crippen LogP contribution in [-0.4, -0.2) is 62.6 Å². The standard InChI is InChI=1S/C29H40N6O3S/c1-28(2,3)33-23-14-20(32-25-17-15-34(16-18(17)25)27(36)38-29(4,5)6)26-19(31-23)13-22(39-26)21-10-11-30-35(21)24-9-7-8-12-37-24/h10-11,13-14,17-18,24-25H,7-9,12,15-16H2,1-6H3,(H2,31,32,33)/t17-,18+,24?,25?. The van der Waals surface area contributed by atoms with Crippen LogP contribution in [-0.2, 0) is 9.47 Å². The number of ether oxygens (including phenoxy) is 2. The number of anilines is 2. The average Bonchev–Trinajstić information content (AvgIpc) is 3.34. The highest BCUT2D eigenvalue weighted by atomic mass is 32.1. The SMILES string of the molecule is CC(C)(C)Nc1cc(NC2[C@H]3CN(C(=O)OC(C)(C)C)C[C@@H]23)c2sc(-c3ccnn3C3CCCCO3)cc2n1. The second-order valence-corrected chi connectivity index (χ2v) is 14.2. The lowest BCUT2D eigenvalue weighted by atomic mass is 10.1. The molecule has 0 spiro atoms. The first-order valence-corrected chi connectivity index (χ1v) is 14.9. The second kappa shape index (κ2) is 9.66. The number of pyridine rings is 1. The van der Waals surface area contributed by atoms with Gasteiger partial charge in [-0.2, -0.15) is 5.10 Å². The average molecular weight is 553 g/mol. The van der Waals surface area contributed by atoms with Gasteiger partial charge in [0.1, 0.15) is 11.4 Å². The Morgan fingerprint density at radius 1 is 1.13 bits per heavy atom. The van der Waals surface area contributed by atoms with E-state index in [0.29, 0.717) is 17.9 Å². The van der Waals surface area contributed by atoms with E-state index in [4.69, 9.17) is 14.5 Å². The Morgan fingerprint density at radius 3 is 2.56 bits per heavy atom. The van der Waals surface area contributed by atoms with E-state index in [0.717, 1.165) is 71.3 Å². The van der Waals surface area contributed by atoms with Crippen molar-refractivity contribution in [3.8, 4) is 10.6 Å². The smallest absolute Gasteiger partial charge is 0.410 e. The minimum atomic E-state index is -0.476. The molecule has 1 amide bonds. The van der Waals surface area contributed by atoms with E-state index in [9.17, 15) is 4.79 Å². The molecule has 0 bridgehead atoms. The van der Waals surface area contributed by atoms with Gasteiger partial charge in [0.05, 0.1) is 26.5 Å². The van der Waals surface area contributed by atoms with Crippen LogP contribution >= 0.6 is 11.3 Å². The molecular weight excluding hydrogens is 512 g/mol. The van der Waals surface area contributed by atoms with Crippen molar-refractivity contribution in [1.29, 1.82) is 0 Å². The lowest BCUT2D eigenvalue weighted by Crippen LogP contribution is -2.38. The van der Waals surface area contributed by atoms with E-state index >= 15 is 0 Å². The van der Waals surface area contributed by atoms with Gasteiger partial charge in [0.15, 0.2) is 6.23 Å². The zero-order chi connectivity index (χ0) is 27.5. The van der Waals surface area contributed by atoms with E-state index in [1.54, 1.807) is 11.3 Å². The minimum Gasteiger partial charge on any atom is -0.444 e. The van der Waals surface area contributed by atoms with Crippen LogP contribution < -0.4 is 10.6 Å². The third-order valence-corrected chi connectivity index (χ3v) is 8.68. The Bertz CT molecular complexity index is 1350. The molecule has 5 heterocycles. The Labute approximate surface area is 234 Å². The zero-order valence-electron chi connectivity index (χ0n) is 23.8. The number of amides is 1. The van der Waals surface area contributed by atoms with Gasteiger partial charge in [-0.3, -0.25) is 0 Å². The molecule has 1 aliphatic carbocycles. The summed E-state index contributed by atoms with van der Waals surface area (Å²) in [6.07, 6.45) is 4.88. The van der Waals surface area contributed by atoms with Gasteiger partial charge in [-0.15, -0.1) is 11.3 Å². The van der Waals surface area contributed by atoms with Crippen LogP contribution in [0, 0.1) is 11.8 Å². The van der Waals surface area contributed by atoms with Crippen LogP contribution in [0.1, 0.15) is 67.0 Å². The maximum Gasteiger partial charge on any atom is 0.410 e. The molecule has 9 nitrogen and oxygen atoms in total. The molecular formula is C29H40N6O3S. The van der Waals surface area contributed by atoms with E-state index in [2.05, 4.69) is 54.7 Å². The van der Waals surface area contributed by atoms with Gasteiger partial charge >= 0.3 is 6.09 Å². The third kappa shape index (κ3) is 5.59. The zero-order valence-corrected chi connectivity index (χ0v) is 24.6. The molecule has 2 unspecified atom stereocenters. The number of rotatable bonds is 5. The van der Waals surface area contributed by atoms with Crippen molar-refractivity contribution >= 4 is 39.2 Å². The molecule has 3 aromatic heterocycles. The number of likely N-dealkylation sites (tertiary alicyclic amines) is 1. The summed E-state index contributed by atoms with van der Waals surface area (Å²) in [6.45, 7) is 14.4. The first-order valence-electron chi connectivity index (χ1n) is 14.1. The molecule has 1 saturated carbocycles. The number of thiophene rings is 1. The molecule has 39 heavy (non-hydrogen) atoms. The number of aromatic nitrogens is 3. The number of nitrogens with one attached hydrogen (secondary N) is 2. The van der Waals surface area contributed by atoms with Crippen LogP contribution in [0.5, 0.6) is 0 Å². The molecule has 4 atom stereocenters. The van der Waals surface area contributed by atoms with Crippen LogP contribution in [0.2, 0.25) is 0 Å². The number of fused-ring (bicyclic) bond motifs is 2. The number of carbonyl (C=O) groups excluding carboxylic acids is 1. The van der Waals surface area contributed by atoms with Gasteiger partial charge in [0, 0.05) is 55.4 Å². The van der Waals surface area contributed by atoms with Crippen molar-refractivity contribution in [3.63, 3.8) is 0 Å². The van der Waals surface area contributed by atoms with Crippen molar-refractivity contribution in [3.05, 3.63) is 24.4 Å². The molecule has 2 N–H and O–H groups in total. The minimum absolute atomic E-state index is 0.0172. The van der Waals surface area contributed by atoms with Gasteiger partial charge in [-0.1, -0.05) is 0 Å². The number of hydrogen-bond acceptors (Lipinski definition) is 8. The van der Waals surface area contributed by atoms with Crippen LogP contribution in [0.25, 0.3) is 20.8 Å². The maximum atomic E-state index is 12.6. The topological polar surface area (TPSA) is 93.5 Å². The molecule has 2 aliphatic heterocycles. The summed E-state index contributed by atoms with van der Waals surface area (Å²) in [5, 5.41) is 12.0. The third-order valence-electron chi connectivity index (χ3n) is 7.50. The van der Waals surface area contributed by atoms with Crippen molar-refractivity contribution in [2.24, 2.45) is 11.8 Å². The molecule has 0 radical (unpaired) electrons. The normalized spacial score (nSPS) is 25.0. The van der Waals surface area contributed by atoms with Crippen LogP contribution in [0.15, 0.2) is 24.4 Å². The Balaban J connectivity index is 1.26. The number of nitrogens with zero attached hydrogens (tertiary/aromatic N) is 4. The summed E-state index contributed by atoms with van der Waals surface area (Å²) >= 11 is 1.74. The lowest BCUT2D eigenvalue weighted by Gasteiger charge is -2.26. The van der Waals surface area contributed by atoms with Crippen molar-refractivity contribution in [2.75, 3.05) is 30.3 Å². The van der Waals surface area contributed by atoms with Gasteiger partial charge in [-0.25, -0.2) is 14.5 Å². The first-order chi connectivity index (χ1) is 18.4. The lowest BCUT2D eigenvalue weighted by molar-refractivity contribution is -0.0383. The van der Waals surface area contributed by atoms with Gasteiger partial charge in [0.25, 0.3) is 0 Å². The molecule has 6 rings (SSSR count). The monoisotopic (exact) mass is 552 g/mol. The van der Waals surface area contributed by atoms with Crippen molar-refractivity contribution in [1.82, 2.24) is 19.7 Å². The van der Waals surface area contributed by atoms with E-state index in [1.165, 1.54) is 0 Å². The van der Waals surface area contributed by atoms with Gasteiger partial charge < -0.3 is 25.0 Å². The Kier molecular flexibility index (Phi) is 6.53. The molecule has 210 valence electrons. The van der Waals surface area contributed by atoms with Gasteiger partial charge in [-0.05, 0) is 72.9 Å². The van der Waals surface area contributed by atoms with E-state index < -0.39 is 5.60 Å². The second-order valence-electron chi connectivity index (χ2n) is 13.1. The summed E-state index contributed by atoms with van der Waals surface area (Å²) < 4.78 is 14.8. The fraction of sp³-hybridized carbons (Fsp3) is 0.621. The predicted molar refractivity (Wildman–Crippen MR) is 155 cm³/mol. The Morgan fingerprint density at radius 2 is 1.90 bits per heavy atom. The van der Waals surface area contributed by atoms with Crippen molar-refractivity contribution in [2.45, 2.75) is 84.2 Å². The quantitative estimate of drug-likeness (QED) is 0.381. The largest absolute Gasteiger partial charge is 0.444 e. The summed E-state index contributed by atoms with van der Waals surface area (Å²) in [7, 11) is 0. The van der Waals surface area contributed by atoms with Crippen molar-refractivity contribution < 1.29 is 14.3 Å². The summed E-state index contributed by atoms with van der Waals surface area (Å²) in [5.41, 5.74) is 2.53. The first kappa shape index (κ1) is 26.4. The molecule has 3 aliphatic rings.